The molecule has 1 saturated heterocycles. The van der Waals surface area contributed by atoms with Crippen molar-refractivity contribution < 1.29 is 13.2 Å². The number of halogens is 1. The Morgan fingerprint density at radius 2 is 2.33 bits per heavy atom. The van der Waals surface area contributed by atoms with Crippen molar-refractivity contribution in [1.29, 1.82) is 0 Å². The summed E-state index contributed by atoms with van der Waals surface area (Å²) in [4.78, 5) is 1.10. The number of sulfonamides is 1. The average Bonchev–Trinajstić information content (AvgIpc) is 3.07. The lowest BCUT2D eigenvalue weighted by Gasteiger charge is -2.28. The molecule has 0 amide bonds. The third kappa shape index (κ3) is 5.84. The first-order chi connectivity index (χ1) is 9.55. The Hall–Kier alpha value is -0.180. The van der Waals surface area contributed by atoms with Gasteiger partial charge in [-0.2, -0.15) is 0 Å². The summed E-state index contributed by atoms with van der Waals surface area (Å²) in [5.74, 6) is 0.135. The minimum atomic E-state index is -3.24. The molecule has 1 aliphatic heterocycles. The summed E-state index contributed by atoms with van der Waals surface area (Å²) in [6.07, 6.45) is 2.56. The Bertz CT molecular complexity index is 499. The van der Waals surface area contributed by atoms with Gasteiger partial charge in [0.05, 0.1) is 17.9 Å². The Morgan fingerprint density at radius 3 is 2.90 bits per heavy atom. The molecule has 1 fully saturated rings. The number of ether oxygens (including phenoxy) is 1. The van der Waals surface area contributed by atoms with Crippen LogP contribution in [0.15, 0.2) is 17.5 Å². The summed E-state index contributed by atoms with van der Waals surface area (Å²) in [5, 5.41) is 5.33. The van der Waals surface area contributed by atoms with Crippen LogP contribution in [-0.4, -0.2) is 46.5 Å². The maximum absolute atomic E-state index is 12.1. The fourth-order valence-electron chi connectivity index (χ4n) is 2.48. The summed E-state index contributed by atoms with van der Waals surface area (Å²) in [7, 11) is -1.59. The Balaban J connectivity index is 0.00000220. The molecule has 8 heteroatoms. The number of aryl methyl sites for hydroxylation is 1. The number of methoxy groups -OCH3 is 1. The van der Waals surface area contributed by atoms with Gasteiger partial charge >= 0.3 is 0 Å². The minimum absolute atomic E-state index is 0. The van der Waals surface area contributed by atoms with Gasteiger partial charge in [-0.15, -0.1) is 23.7 Å². The van der Waals surface area contributed by atoms with Crippen LogP contribution in [0.2, 0.25) is 0 Å². The van der Waals surface area contributed by atoms with Gasteiger partial charge in [-0.1, -0.05) is 6.07 Å². The van der Waals surface area contributed by atoms with Crippen molar-refractivity contribution in [3.63, 3.8) is 0 Å². The molecule has 1 aliphatic rings. The van der Waals surface area contributed by atoms with Gasteiger partial charge in [0.2, 0.25) is 10.0 Å². The maximum atomic E-state index is 12.1. The van der Waals surface area contributed by atoms with Crippen LogP contribution in [0.4, 0.5) is 0 Å². The lowest BCUT2D eigenvalue weighted by atomic mass is 9.99. The van der Waals surface area contributed by atoms with E-state index in [1.807, 2.05) is 17.5 Å². The lowest BCUT2D eigenvalue weighted by molar-refractivity contribution is 0.122. The number of hydrogen-bond donors (Lipinski definition) is 2. The molecule has 0 spiro atoms. The second-order valence-electron chi connectivity index (χ2n) is 5.21. The van der Waals surface area contributed by atoms with E-state index in [4.69, 9.17) is 4.74 Å². The molecule has 0 aromatic carbocycles. The third-order valence-corrected chi connectivity index (χ3v) is 5.84. The molecule has 0 aliphatic carbocycles. The van der Waals surface area contributed by atoms with Gasteiger partial charge in [-0.3, -0.25) is 0 Å². The Kier molecular flexibility index (Phi) is 7.59. The second-order valence-corrected chi connectivity index (χ2v) is 8.17. The topological polar surface area (TPSA) is 67.4 Å². The third-order valence-electron chi connectivity index (χ3n) is 3.58. The van der Waals surface area contributed by atoms with Crippen molar-refractivity contribution in [2.75, 3.05) is 32.6 Å². The van der Waals surface area contributed by atoms with Crippen molar-refractivity contribution in [3.8, 4) is 0 Å². The van der Waals surface area contributed by atoms with Gasteiger partial charge < -0.3 is 10.1 Å². The maximum Gasteiger partial charge on any atom is 0.212 e. The molecule has 122 valence electrons. The van der Waals surface area contributed by atoms with Crippen molar-refractivity contribution in [3.05, 3.63) is 22.4 Å². The number of thiophene rings is 1. The van der Waals surface area contributed by atoms with E-state index in [-0.39, 0.29) is 23.7 Å². The van der Waals surface area contributed by atoms with E-state index in [2.05, 4.69) is 10.0 Å². The van der Waals surface area contributed by atoms with Gasteiger partial charge in [0, 0.05) is 18.5 Å². The molecule has 5 nitrogen and oxygen atoms in total. The van der Waals surface area contributed by atoms with E-state index in [1.54, 1.807) is 18.4 Å². The molecule has 0 bridgehead atoms. The summed E-state index contributed by atoms with van der Waals surface area (Å²) in [5.41, 5.74) is -0.245. The predicted octanol–water partition coefficient (Wildman–Crippen LogP) is 1.40. The van der Waals surface area contributed by atoms with Crippen LogP contribution in [0, 0.1) is 0 Å². The van der Waals surface area contributed by atoms with Crippen LogP contribution >= 0.6 is 23.7 Å². The molecule has 1 atom stereocenters. The molecule has 1 aromatic heterocycles. The summed E-state index contributed by atoms with van der Waals surface area (Å²) in [6.45, 7) is 1.84. The molecule has 1 unspecified atom stereocenters. The zero-order valence-electron chi connectivity index (χ0n) is 12.1. The predicted molar refractivity (Wildman–Crippen MR) is 88.9 cm³/mol. The van der Waals surface area contributed by atoms with E-state index >= 15 is 0 Å². The van der Waals surface area contributed by atoms with Crippen molar-refractivity contribution >= 4 is 33.8 Å². The van der Waals surface area contributed by atoms with Gasteiger partial charge in [-0.05, 0) is 37.3 Å². The molecule has 1 aromatic rings. The largest absolute Gasteiger partial charge is 0.383 e. The zero-order chi connectivity index (χ0) is 14.5. The van der Waals surface area contributed by atoms with E-state index in [0.717, 1.165) is 24.3 Å². The first kappa shape index (κ1) is 18.9. The summed E-state index contributed by atoms with van der Waals surface area (Å²) in [6, 6.07) is 3.90. The first-order valence-corrected chi connectivity index (χ1v) is 9.32. The van der Waals surface area contributed by atoms with Gasteiger partial charge in [0.1, 0.15) is 0 Å². The van der Waals surface area contributed by atoms with Crippen LogP contribution in [0.5, 0.6) is 0 Å². The van der Waals surface area contributed by atoms with Crippen molar-refractivity contribution in [2.24, 2.45) is 0 Å². The summed E-state index contributed by atoms with van der Waals surface area (Å²) >= 11 is 1.59. The SMILES string of the molecule is COCC1(CNS(=O)(=O)CCc2cccs2)CCCN1.Cl. The molecule has 2 rings (SSSR count). The van der Waals surface area contributed by atoms with Gasteiger partial charge in [0.25, 0.3) is 0 Å². The standard InChI is InChI=1S/C13H22N2O3S2.ClH/c1-18-11-13(6-3-7-14-13)10-15-20(16,17)9-5-12-4-2-8-19-12;/h2,4,8,14-15H,3,5-7,9-11H2,1H3;1H. The minimum Gasteiger partial charge on any atom is -0.383 e. The normalized spacial score (nSPS) is 22.1. The molecule has 0 radical (unpaired) electrons. The van der Waals surface area contributed by atoms with E-state index < -0.39 is 10.0 Å². The molecular weight excluding hydrogens is 332 g/mol. The van der Waals surface area contributed by atoms with Crippen LogP contribution in [0.1, 0.15) is 17.7 Å². The highest BCUT2D eigenvalue weighted by Gasteiger charge is 2.34. The van der Waals surface area contributed by atoms with Crippen molar-refractivity contribution in [2.45, 2.75) is 24.8 Å². The first-order valence-electron chi connectivity index (χ1n) is 6.79. The number of rotatable bonds is 8. The highest BCUT2D eigenvalue weighted by atomic mass is 35.5. The van der Waals surface area contributed by atoms with Gasteiger partial charge in [0.15, 0.2) is 0 Å². The second kappa shape index (κ2) is 8.45. The molecule has 2 heterocycles. The van der Waals surface area contributed by atoms with Crippen LogP contribution < -0.4 is 10.0 Å². The Morgan fingerprint density at radius 1 is 1.52 bits per heavy atom. The smallest absolute Gasteiger partial charge is 0.212 e. The van der Waals surface area contributed by atoms with Crippen molar-refractivity contribution in [1.82, 2.24) is 10.0 Å². The highest BCUT2D eigenvalue weighted by Crippen LogP contribution is 2.19. The fourth-order valence-corrected chi connectivity index (χ4v) is 4.45. The van der Waals surface area contributed by atoms with Crippen LogP contribution in [0.25, 0.3) is 0 Å². The molecule has 2 N–H and O–H groups in total. The zero-order valence-corrected chi connectivity index (χ0v) is 14.6. The molecule has 21 heavy (non-hydrogen) atoms. The molecular formula is C13H23ClN2O3S2. The van der Waals surface area contributed by atoms with E-state index in [9.17, 15) is 8.42 Å². The average molecular weight is 355 g/mol. The lowest BCUT2D eigenvalue weighted by Crippen LogP contribution is -2.53. The highest BCUT2D eigenvalue weighted by molar-refractivity contribution is 7.89. The fraction of sp³-hybridized carbons (Fsp3) is 0.692. The monoisotopic (exact) mass is 354 g/mol. The number of hydrogen-bond acceptors (Lipinski definition) is 5. The Labute approximate surface area is 136 Å². The van der Waals surface area contributed by atoms with Crippen LogP contribution in [-0.2, 0) is 21.2 Å². The van der Waals surface area contributed by atoms with E-state index in [0.29, 0.717) is 19.6 Å². The van der Waals surface area contributed by atoms with Crippen LogP contribution in [0.3, 0.4) is 0 Å². The quantitative estimate of drug-likeness (QED) is 0.740. The van der Waals surface area contributed by atoms with E-state index in [1.165, 1.54) is 0 Å². The van der Waals surface area contributed by atoms with Gasteiger partial charge in [-0.25, -0.2) is 13.1 Å². The molecule has 0 saturated carbocycles. The number of nitrogens with one attached hydrogen (secondary N) is 2. The summed E-state index contributed by atoms with van der Waals surface area (Å²) < 4.78 is 32.0.